The molecule has 2 aromatic carbocycles. The van der Waals surface area contributed by atoms with Crippen molar-refractivity contribution in [1.29, 1.82) is 0 Å². The molecule has 1 fully saturated rings. The highest BCUT2D eigenvalue weighted by atomic mass is 32.2. The lowest BCUT2D eigenvalue weighted by Gasteiger charge is -2.19. The van der Waals surface area contributed by atoms with Crippen molar-refractivity contribution in [1.82, 2.24) is 0 Å². The van der Waals surface area contributed by atoms with Gasteiger partial charge in [0.05, 0.1) is 11.4 Å². The fraction of sp³-hybridized carbons (Fsp3) is 0.250. The Kier molecular flexibility index (Phi) is 5.42. The summed E-state index contributed by atoms with van der Waals surface area (Å²) in [6.07, 6.45) is 3.94. The summed E-state index contributed by atoms with van der Waals surface area (Å²) in [7, 11) is -3.17. The van der Waals surface area contributed by atoms with Gasteiger partial charge in [-0.2, -0.15) is 0 Å². The molecule has 26 heavy (non-hydrogen) atoms. The van der Waals surface area contributed by atoms with E-state index in [0.717, 1.165) is 11.3 Å². The standard InChI is InChI=1S/C20H22N2O3S/c1-2-21(18-7-4-3-5-8-18)20(23)14-11-17-9-12-19(13-10-17)22-15-6-16-26(22,24)25/h3-5,7-14H,2,6,15-16H2,1H3/b14-11+. The Balaban J connectivity index is 1.71. The van der Waals surface area contributed by atoms with Gasteiger partial charge in [-0.05, 0) is 49.2 Å². The molecule has 0 spiro atoms. The summed E-state index contributed by atoms with van der Waals surface area (Å²) < 4.78 is 25.4. The quantitative estimate of drug-likeness (QED) is 0.759. The number of rotatable bonds is 5. The number of likely N-dealkylation sites (N-methyl/N-ethyl adjacent to an activating group) is 1. The van der Waals surface area contributed by atoms with Crippen molar-refractivity contribution in [3.63, 3.8) is 0 Å². The number of hydrogen-bond donors (Lipinski definition) is 0. The predicted molar refractivity (Wildman–Crippen MR) is 106 cm³/mol. The number of carbonyl (C=O) groups excluding carboxylic acids is 1. The highest BCUT2D eigenvalue weighted by Gasteiger charge is 2.28. The molecule has 1 heterocycles. The number of carbonyl (C=O) groups is 1. The minimum Gasteiger partial charge on any atom is -0.309 e. The summed E-state index contributed by atoms with van der Waals surface area (Å²) >= 11 is 0. The Morgan fingerprint density at radius 3 is 2.38 bits per heavy atom. The summed E-state index contributed by atoms with van der Waals surface area (Å²) in [5.74, 6) is 0.111. The SMILES string of the molecule is CCN(C(=O)/C=C/c1ccc(N2CCCS2(=O)=O)cc1)c1ccccc1. The smallest absolute Gasteiger partial charge is 0.250 e. The second-order valence-corrected chi connectivity index (χ2v) is 8.10. The lowest BCUT2D eigenvalue weighted by molar-refractivity contribution is -0.114. The van der Waals surface area contributed by atoms with Crippen molar-refractivity contribution in [2.24, 2.45) is 0 Å². The van der Waals surface area contributed by atoms with E-state index in [1.54, 1.807) is 23.1 Å². The fourth-order valence-electron chi connectivity index (χ4n) is 3.01. The van der Waals surface area contributed by atoms with Crippen molar-refractivity contribution in [3.05, 3.63) is 66.2 Å². The summed E-state index contributed by atoms with van der Waals surface area (Å²) in [6, 6.07) is 16.7. The Bertz CT molecular complexity index is 890. The molecule has 1 saturated heterocycles. The van der Waals surface area contributed by atoms with E-state index in [-0.39, 0.29) is 11.7 Å². The summed E-state index contributed by atoms with van der Waals surface area (Å²) in [6.45, 7) is 3.04. The van der Waals surface area contributed by atoms with Gasteiger partial charge in [-0.3, -0.25) is 9.10 Å². The molecule has 1 aliphatic rings. The van der Waals surface area contributed by atoms with Gasteiger partial charge in [0.15, 0.2) is 0 Å². The number of nitrogens with zero attached hydrogens (tertiary/aromatic N) is 2. The van der Waals surface area contributed by atoms with E-state index in [1.807, 2.05) is 49.4 Å². The molecule has 0 bridgehead atoms. The lowest BCUT2D eigenvalue weighted by atomic mass is 10.2. The zero-order valence-electron chi connectivity index (χ0n) is 14.7. The first-order valence-corrected chi connectivity index (χ1v) is 10.3. The number of hydrogen-bond acceptors (Lipinski definition) is 3. The largest absolute Gasteiger partial charge is 0.309 e. The van der Waals surface area contributed by atoms with Crippen LogP contribution in [0.1, 0.15) is 18.9 Å². The van der Waals surface area contributed by atoms with Gasteiger partial charge in [-0.1, -0.05) is 30.3 Å². The van der Waals surface area contributed by atoms with Crippen LogP contribution < -0.4 is 9.21 Å². The Labute approximate surface area is 154 Å². The molecule has 0 N–H and O–H groups in total. The van der Waals surface area contributed by atoms with E-state index < -0.39 is 10.0 Å². The van der Waals surface area contributed by atoms with Gasteiger partial charge in [-0.15, -0.1) is 0 Å². The second-order valence-electron chi connectivity index (χ2n) is 6.08. The highest BCUT2D eigenvalue weighted by molar-refractivity contribution is 7.93. The van der Waals surface area contributed by atoms with Crippen LogP contribution in [0.2, 0.25) is 0 Å². The van der Waals surface area contributed by atoms with Crippen LogP contribution in [0, 0.1) is 0 Å². The average molecular weight is 370 g/mol. The van der Waals surface area contributed by atoms with Crippen LogP contribution in [-0.2, 0) is 14.8 Å². The van der Waals surface area contributed by atoms with E-state index >= 15 is 0 Å². The van der Waals surface area contributed by atoms with Gasteiger partial charge in [0.1, 0.15) is 0 Å². The van der Waals surface area contributed by atoms with Crippen LogP contribution in [0.3, 0.4) is 0 Å². The summed E-state index contributed by atoms with van der Waals surface area (Å²) in [4.78, 5) is 14.2. The van der Waals surface area contributed by atoms with Crippen LogP contribution in [0.25, 0.3) is 6.08 Å². The molecule has 6 heteroatoms. The van der Waals surface area contributed by atoms with Gasteiger partial charge in [0, 0.05) is 24.9 Å². The first-order valence-electron chi connectivity index (χ1n) is 8.66. The van der Waals surface area contributed by atoms with Crippen molar-refractivity contribution in [2.75, 3.05) is 28.0 Å². The number of amides is 1. The van der Waals surface area contributed by atoms with E-state index in [1.165, 1.54) is 10.4 Å². The molecule has 0 radical (unpaired) electrons. The zero-order valence-corrected chi connectivity index (χ0v) is 15.5. The number of para-hydroxylation sites is 1. The van der Waals surface area contributed by atoms with Gasteiger partial charge >= 0.3 is 0 Å². The Morgan fingerprint density at radius 1 is 1.12 bits per heavy atom. The van der Waals surface area contributed by atoms with Crippen LogP contribution in [0.4, 0.5) is 11.4 Å². The second kappa shape index (κ2) is 7.74. The molecular weight excluding hydrogens is 348 g/mol. The van der Waals surface area contributed by atoms with E-state index in [4.69, 9.17) is 0 Å². The van der Waals surface area contributed by atoms with Crippen molar-refractivity contribution >= 4 is 33.4 Å². The maximum absolute atomic E-state index is 12.5. The molecule has 2 aromatic rings. The molecule has 0 aliphatic carbocycles. The van der Waals surface area contributed by atoms with E-state index in [2.05, 4.69) is 0 Å². The minimum atomic E-state index is -3.17. The van der Waals surface area contributed by atoms with Crippen molar-refractivity contribution in [2.45, 2.75) is 13.3 Å². The molecule has 0 saturated carbocycles. The third-order valence-electron chi connectivity index (χ3n) is 4.35. The van der Waals surface area contributed by atoms with Crippen molar-refractivity contribution in [3.8, 4) is 0 Å². The maximum atomic E-state index is 12.5. The van der Waals surface area contributed by atoms with E-state index in [0.29, 0.717) is 25.2 Å². The van der Waals surface area contributed by atoms with Gasteiger partial charge in [0.2, 0.25) is 10.0 Å². The predicted octanol–water partition coefficient (Wildman–Crippen LogP) is 3.29. The third kappa shape index (κ3) is 3.96. The molecule has 0 atom stereocenters. The first-order chi connectivity index (χ1) is 12.5. The first kappa shape index (κ1) is 18.2. The van der Waals surface area contributed by atoms with Crippen LogP contribution >= 0.6 is 0 Å². The number of sulfonamides is 1. The lowest BCUT2D eigenvalue weighted by Crippen LogP contribution is -2.28. The van der Waals surface area contributed by atoms with Gasteiger partial charge in [0.25, 0.3) is 5.91 Å². The Hall–Kier alpha value is -2.60. The monoisotopic (exact) mass is 370 g/mol. The zero-order chi connectivity index (χ0) is 18.6. The molecule has 3 rings (SSSR count). The van der Waals surface area contributed by atoms with Gasteiger partial charge in [-0.25, -0.2) is 8.42 Å². The number of benzene rings is 2. The molecule has 0 unspecified atom stereocenters. The third-order valence-corrected chi connectivity index (χ3v) is 6.22. The van der Waals surface area contributed by atoms with E-state index in [9.17, 15) is 13.2 Å². The highest BCUT2D eigenvalue weighted by Crippen LogP contribution is 2.24. The number of anilines is 2. The molecule has 136 valence electrons. The molecule has 1 aliphatic heterocycles. The minimum absolute atomic E-state index is 0.0927. The van der Waals surface area contributed by atoms with Crippen LogP contribution in [-0.4, -0.2) is 33.2 Å². The molecule has 5 nitrogen and oxygen atoms in total. The summed E-state index contributed by atoms with van der Waals surface area (Å²) in [5.41, 5.74) is 2.38. The van der Waals surface area contributed by atoms with Crippen molar-refractivity contribution < 1.29 is 13.2 Å². The Morgan fingerprint density at radius 2 is 1.81 bits per heavy atom. The summed E-state index contributed by atoms with van der Waals surface area (Å²) in [5, 5.41) is 0. The topological polar surface area (TPSA) is 57.7 Å². The molecular formula is C20H22N2O3S. The van der Waals surface area contributed by atoms with Crippen LogP contribution in [0.15, 0.2) is 60.7 Å². The molecule has 0 aromatic heterocycles. The maximum Gasteiger partial charge on any atom is 0.250 e. The average Bonchev–Trinajstić information content (AvgIpc) is 3.01. The molecule has 1 amide bonds. The van der Waals surface area contributed by atoms with Gasteiger partial charge < -0.3 is 4.90 Å². The van der Waals surface area contributed by atoms with Crippen LogP contribution in [0.5, 0.6) is 0 Å². The fourth-order valence-corrected chi connectivity index (χ4v) is 4.58. The normalized spacial score (nSPS) is 16.1.